The van der Waals surface area contributed by atoms with Gasteiger partial charge < -0.3 is 20.2 Å². The molecule has 1 aromatic rings. The number of rotatable bonds is 3. The molecule has 10 heteroatoms. The zero-order valence-electron chi connectivity index (χ0n) is 10.5. The molecule has 0 atom stereocenters. The van der Waals surface area contributed by atoms with Crippen molar-refractivity contribution >= 4 is 19.7 Å². The van der Waals surface area contributed by atoms with Gasteiger partial charge >= 0.3 is 59.1 Å². The van der Waals surface area contributed by atoms with Crippen molar-refractivity contribution < 1.29 is 78.9 Å². The van der Waals surface area contributed by atoms with Crippen molar-refractivity contribution in [3.63, 3.8) is 0 Å². The van der Waals surface area contributed by atoms with Crippen LogP contribution in [0.15, 0.2) is 29.3 Å². The van der Waals surface area contributed by atoms with Gasteiger partial charge in [0.25, 0.3) is 0 Å². The Hall–Kier alpha value is 0.290. The topological polar surface area (TPSA) is 138 Å². The molecule has 7 nitrogen and oxygen atoms in total. The fourth-order valence-corrected chi connectivity index (χ4v) is 1.25. The SMILES string of the molecule is N#Cc1ccc(NC([O-])=NC[P+]([O-])([O-])O)cc1.[Na+].[Na+]. The number of hydrogen-bond acceptors (Lipinski definition) is 6. The Morgan fingerprint density at radius 1 is 1.32 bits per heavy atom. The van der Waals surface area contributed by atoms with Crippen molar-refractivity contribution in [2.24, 2.45) is 4.99 Å². The summed E-state index contributed by atoms with van der Waals surface area (Å²) in [5.41, 5.74) is 0.802. The van der Waals surface area contributed by atoms with Gasteiger partial charge in [-0.05, 0) is 24.3 Å². The summed E-state index contributed by atoms with van der Waals surface area (Å²) in [6, 6.07) is 6.94. The zero-order valence-corrected chi connectivity index (χ0v) is 15.4. The van der Waals surface area contributed by atoms with Gasteiger partial charge in [-0.1, -0.05) is 0 Å². The van der Waals surface area contributed by atoms with Crippen molar-refractivity contribution in [1.29, 1.82) is 5.26 Å². The van der Waals surface area contributed by atoms with E-state index in [0.29, 0.717) is 11.3 Å². The van der Waals surface area contributed by atoms with E-state index in [0.717, 1.165) is 0 Å². The van der Waals surface area contributed by atoms with Crippen molar-refractivity contribution in [2.45, 2.75) is 0 Å². The molecule has 0 bridgehead atoms. The maximum absolute atomic E-state index is 11.1. The molecular weight excluding hydrogens is 291 g/mol. The predicted molar refractivity (Wildman–Crippen MR) is 56.2 cm³/mol. The summed E-state index contributed by atoms with van der Waals surface area (Å²) in [5, 5.41) is 21.9. The molecule has 0 heterocycles. The third-order valence-electron chi connectivity index (χ3n) is 1.66. The Balaban J connectivity index is 0. The number of hydrogen-bond donors (Lipinski definition) is 2. The van der Waals surface area contributed by atoms with Gasteiger partial charge in [0.1, 0.15) is 0 Å². The van der Waals surface area contributed by atoms with E-state index in [1.807, 2.05) is 6.07 Å². The van der Waals surface area contributed by atoms with Crippen LogP contribution in [-0.4, -0.2) is 17.2 Å². The van der Waals surface area contributed by atoms with Gasteiger partial charge in [0.15, 0.2) is 6.29 Å². The Labute approximate surface area is 155 Å². The first-order chi connectivity index (χ1) is 7.90. The largest absolute Gasteiger partial charge is 1.00 e. The van der Waals surface area contributed by atoms with Gasteiger partial charge in [-0.2, -0.15) is 5.26 Å². The molecule has 0 aliphatic rings. The van der Waals surface area contributed by atoms with E-state index in [2.05, 4.69) is 10.3 Å². The minimum atomic E-state index is -4.56. The van der Waals surface area contributed by atoms with Crippen molar-refractivity contribution in [3.8, 4) is 6.07 Å². The molecule has 1 aromatic carbocycles. The Bertz CT molecular complexity index is 456. The molecule has 0 unspecified atom stereocenters. The van der Waals surface area contributed by atoms with Gasteiger partial charge in [-0.25, -0.2) is 4.99 Å². The fraction of sp³-hybridized carbons (Fsp3) is 0.111. The van der Waals surface area contributed by atoms with Crippen LogP contribution >= 0.6 is 7.94 Å². The van der Waals surface area contributed by atoms with Crippen LogP contribution in [0, 0.1) is 11.3 Å². The van der Waals surface area contributed by atoms with Crippen LogP contribution in [-0.2, 0) is 0 Å². The molecular formula is C9H8N3Na2O4P. The molecule has 90 valence electrons. The van der Waals surface area contributed by atoms with E-state index in [1.54, 1.807) is 0 Å². The quantitative estimate of drug-likeness (QED) is 0.246. The minimum absolute atomic E-state index is 0. The van der Waals surface area contributed by atoms with Gasteiger partial charge in [-0.3, -0.25) is 4.89 Å². The maximum atomic E-state index is 11.1. The van der Waals surface area contributed by atoms with E-state index < -0.39 is 20.3 Å². The van der Waals surface area contributed by atoms with Gasteiger partial charge in [-0.15, -0.1) is 0 Å². The van der Waals surface area contributed by atoms with Crippen molar-refractivity contribution in [2.75, 3.05) is 11.6 Å². The van der Waals surface area contributed by atoms with E-state index >= 15 is 0 Å². The molecule has 0 saturated heterocycles. The summed E-state index contributed by atoms with van der Waals surface area (Å²) in [6.45, 7) is 0. The van der Waals surface area contributed by atoms with Crippen LogP contribution in [0.5, 0.6) is 0 Å². The van der Waals surface area contributed by atoms with Gasteiger partial charge in [0, 0.05) is 5.69 Å². The molecule has 0 aliphatic heterocycles. The summed E-state index contributed by atoms with van der Waals surface area (Å²) in [6.07, 6.45) is -0.963. The standard InChI is InChI=1S/C9H10N3O4P.2Na/c10-5-7-1-3-8(4-2-7)12-9(13)11-6-17(14,15)16;;/h1-4H,6H2,(H2,11,12,13)(H2,14,15,16);;/q;2*+1/p-2. The van der Waals surface area contributed by atoms with E-state index in [1.165, 1.54) is 24.3 Å². The summed E-state index contributed by atoms with van der Waals surface area (Å²) in [4.78, 5) is 32.2. The number of nitrogens with one attached hydrogen (secondary N) is 1. The maximum Gasteiger partial charge on any atom is 1.00 e. The Kier molecular flexibility index (Phi) is 11.5. The van der Waals surface area contributed by atoms with Crippen LogP contribution in [0.2, 0.25) is 0 Å². The molecule has 0 spiro atoms. The summed E-state index contributed by atoms with van der Waals surface area (Å²) >= 11 is 0. The first-order valence-corrected chi connectivity index (χ1v) is 6.18. The minimum Gasteiger partial charge on any atom is -0.846 e. The molecule has 0 radical (unpaired) electrons. The summed E-state index contributed by atoms with van der Waals surface area (Å²) in [7, 11) is -4.56. The first-order valence-electron chi connectivity index (χ1n) is 4.42. The Morgan fingerprint density at radius 3 is 2.26 bits per heavy atom. The third kappa shape index (κ3) is 9.77. The average Bonchev–Trinajstić information content (AvgIpc) is 2.27. The summed E-state index contributed by atoms with van der Waals surface area (Å²) in [5.74, 6) is 0. The third-order valence-corrected chi connectivity index (χ3v) is 2.16. The van der Waals surface area contributed by atoms with Crippen molar-refractivity contribution in [3.05, 3.63) is 29.8 Å². The molecule has 0 aromatic heterocycles. The average molecular weight is 299 g/mol. The van der Waals surface area contributed by atoms with E-state index in [4.69, 9.17) is 10.2 Å². The monoisotopic (exact) mass is 299 g/mol. The molecule has 19 heavy (non-hydrogen) atoms. The fourth-order valence-electron chi connectivity index (χ4n) is 0.945. The van der Waals surface area contributed by atoms with Gasteiger partial charge in [0.05, 0.1) is 25.6 Å². The van der Waals surface area contributed by atoms with Gasteiger partial charge in [0.2, 0.25) is 0 Å². The first kappa shape index (κ1) is 21.6. The second-order valence-electron chi connectivity index (χ2n) is 3.06. The predicted octanol–water partition coefficient (Wildman–Crippen LogP) is -7.87. The molecule has 2 N–H and O–H groups in total. The van der Waals surface area contributed by atoms with Crippen LogP contribution in [0.25, 0.3) is 0 Å². The molecule has 0 aliphatic carbocycles. The number of aliphatic imine (C=N–C) groups is 1. The molecule has 1 rings (SSSR count). The number of nitrogens with zero attached hydrogens (tertiary/aromatic N) is 2. The normalized spacial score (nSPS) is 10.7. The van der Waals surface area contributed by atoms with Crippen molar-refractivity contribution in [1.82, 2.24) is 0 Å². The molecule has 0 amide bonds. The number of anilines is 1. The van der Waals surface area contributed by atoms with Crippen LogP contribution in [0.4, 0.5) is 5.69 Å². The van der Waals surface area contributed by atoms with E-state index in [9.17, 15) is 14.9 Å². The second-order valence-corrected chi connectivity index (χ2v) is 4.61. The molecule has 0 fully saturated rings. The van der Waals surface area contributed by atoms with Crippen LogP contribution in [0.1, 0.15) is 5.56 Å². The number of amidine groups is 1. The second kappa shape index (κ2) is 10.1. The Morgan fingerprint density at radius 2 is 1.84 bits per heavy atom. The number of nitriles is 1. The van der Waals surface area contributed by atoms with Crippen LogP contribution < -0.4 is 79.3 Å². The van der Waals surface area contributed by atoms with Crippen LogP contribution in [0.3, 0.4) is 0 Å². The zero-order chi connectivity index (χ0) is 12.9. The number of benzene rings is 1. The summed E-state index contributed by atoms with van der Waals surface area (Å²) < 4.78 is 0. The smallest absolute Gasteiger partial charge is 0.846 e. The molecule has 0 saturated carbocycles. The van der Waals surface area contributed by atoms with E-state index in [-0.39, 0.29) is 59.1 Å².